The van der Waals surface area contributed by atoms with E-state index in [-0.39, 0.29) is 15.1 Å². The van der Waals surface area contributed by atoms with E-state index >= 15 is 0 Å². The number of hydrogen-bond acceptors (Lipinski definition) is 7. The van der Waals surface area contributed by atoms with Crippen molar-refractivity contribution in [3.63, 3.8) is 0 Å². The van der Waals surface area contributed by atoms with Gasteiger partial charge >= 0.3 is 0 Å². The maximum absolute atomic E-state index is 12.8. The monoisotopic (exact) mass is 422 g/mol. The lowest BCUT2D eigenvalue weighted by Crippen LogP contribution is -2.35. The first kappa shape index (κ1) is 20.5. The number of ether oxygens (including phenoxy) is 1. The Morgan fingerprint density at radius 2 is 1.60 bits per heavy atom. The van der Waals surface area contributed by atoms with Crippen molar-refractivity contribution in [3.05, 3.63) is 76.1 Å². The molecule has 0 atom stereocenters. The van der Waals surface area contributed by atoms with Crippen LogP contribution in [0.15, 0.2) is 64.3 Å². The molecule has 0 bridgehead atoms. The summed E-state index contributed by atoms with van der Waals surface area (Å²) in [4.78, 5) is 14.6. The van der Waals surface area contributed by atoms with E-state index in [2.05, 4.69) is 0 Å². The summed E-state index contributed by atoms with van der Waals surface area (Å²) in [5.41, 5.74) is -1.88. The van der Waals surface area contributed by atoms with Gasteiger partial charge in [0.15, 0.2) is 0 Å². The van der Waals surface area contributed by atoms with Gasteiger partial charge in [0.1, 0.15) is 29.0 Å². The third-order valence-electron chi connectivity index (χ3n) is 4.22. The SMILES string of the molecule is COc1ccc(-c2c(C#N)c(O)n(NS(=O)(=O)c3ccccc3)c(=O)c2C#N)cc1. The summed E-state index contributed by atoms with van der Waals surface area (Å²) in [7, 11) is -2.82. The van der Waals surface area contributed by atoms with Gasteiger partial charge < -0.3 is 9.84 Å². The highest BCUT2D eigenvalue weighted by Gasteiger charge is 2.26. The molecule has 1 aromatic heterocycles. The summed E-state index contributed by atoms with van der Waals surface area (Å²) in [6.07, 6.45) is 0. The van der Waals surface area contributed by atoms with Gasteiger partial charge in [-0.3, -0.25) is 4.79 Å². The van der Waals surface area contributed by atoms with Crippen LogP contribution in [0.3, 0.4) is 0 Å². The molecule has 0 amide bonds. The molecule has 3 aromatic rings. The number of sulfonamides is 1. The second kappa shape index (κ2) is 7.99. The smallest absolute Gasteiger partial charge is 0.291 e. The fraction of sp³-hybridized carbons (Fsp3) is 0.0500. The number of aromatic nitrogens is 1. The average Bonchev–Trinajstić information content (AvgIpc) is 2.77. The number of pyridine rings is 1. The zero-order valence-corrected chi connectivity index (χ0v) is 16.3. The molecule has 0 aliphatic heterocycles. The first-order valence-corrected chi connectivity index (χ1v) is 9.86. The molecule has 0 radical (unpaired) electrons. The minimum atomic E-state index is -4.28. The van der Waals surface area contributed by atoms with Crippen molar-refractivity contribution in [1.82, 2.24) is 4.68 Å². The van der Waals surface area contributed by atoms with Crippen molar-refractivity contribution in [2.24, 2.45) is 0 Å². The molecule has 0 saturated heterocycles. The van der Waals surface area contributed by atoms with Crippen molar-refractivity contribution in [3.8, 4) is 34.9 Å². The topological polar surface area (TPSA) is 145 Å². The van der Waals surface area contributed by atoms with Crippen LogP contribution in [0.5, 0.6) is 11.6 Å². The lowest BCUT2D eigenvalue weighted by atomic mass is 9.97. The molecule has 2 N–H and O–H groups in total. The summed E-state index contributed by atoms with van der Waals surface area (Å²) >= 11 is 0. The molecule has 2 aromatic carbocycles. The standard InChI is InChI=1S/C20H14N4O5S/c1-29-14-9-7-13(8-10-14)18-16(11-21)19(25)24(20(26)17(18)12-22)23-30(27,28)15-5-3-2-4-6-15/h2-10,23,25H,1H3. The Morgan fingerprint density at radius 3 is 2.13 bits per heavy atom. The van der Waals surface area contributed by atoms with E-state index in [4.69, 9.17) is 4.74 Å². The van der Waals surface area contributed by atoms with Crippen LogP contribution in [0, 0.1) is 22.7 Å². The Kier molecular flexibility index (Phi) is 5.45. The molecule has 0 aliphatic carbocycles. The van der Waals surface area contributed by atoms with E-state index in [1.165, 1.54) is 43.5 Å². The predicted molar refractivity (Wildman–Crippen MR) is 107 cm³/mol. The van der Waals surface area contributed by atoms with Gasteiger partial charge in [-0.1, -0.05) is 30.3 Å². The van der Waals surface area contributed by atoms with Gasteiger partial charge in [0, 0.05) is 5.56 Å². The number of hydrogen-bond donors (Lipinski definition) is 2. The van der Waals surface area contributed by atoms with Crippen LogP contribution in [0.25, 0.3) is 11.1 Å². The molecule has 0 aliphatic rings. The average molecular weight is 422 g/mol. The Morgan fingerprint density at radius 1 is 1.00 bits per heavy atom. The first-order valence-electron chi connectivity index (χ1n) is 8.38. The highest BCUT2D eigenvalue weighted by molar-refractivity contribution is 7.92. The molecule has 1 heterocycles. The number of aromatic hydroxyl groups is 1. The highest BCUT2D eigenvalue weighted by atomic mass is 32.2. The van der Waals surface area contributed by atoms with E-state index in [0.717, 1.165) is 0 Å². The van der Waals surface area contributed by atoms with Gasteiger partial charge in [0.25, 0.3) is 15.6 Å². The van der Waals surface area contributed by atoms with Crippen molar-refractivity contribution in [2.75, 3.05) is 11.9 Å². The largest absolute Gasteiger partial charge is 0.497 e. The molecule has 3 rings (SSSR count). The van der Waals surface area contributed by atoms with Gasteiger partial charge in [-0.05, 0) is 29.8 Å². The van der Waals surface area contributed by atoms with Crippen LogP contribution in [-0.4, -0.2) is 25.3 Å². The Hall–Kier alpha value is -4.28. The second-order valence-corrected chi connectivity index (χ2v) is 7.61. The zero-order valence-electron chi connectivity index (χ0n) is 15.5. The quantitative estimate of drug-likeness (QED) is 0.639. The maximum atomic E-state index is 12.8. The number of methoxy groups -OCH3 is 1. The summed E-state index contributed by atoms with van der Waals surface area (Å²) in [6.45, 7) is 0. The summed E-state index contributed by atoms with van der Waals surface area (Å²) in [6, 6.07) is 16.7. The normalized spacial score (nSPS) is 10.6. The Bertz CT molecular complexity index is 1350. The number of rotatable bonds is 5. The minimum absolute atomic E-state index is 0.111. The third kappa shape index (κ3) is 3.55. The van der Waals surface area contributed by atoms with Crippen molar-refractivity contribution >= 4 is 10.0 Å². The summed E-state index contributed by atoms with van der Waals surface area (Å²) < 4.78 is 30.5. The fourth-order valence-electron chi connectivity index (χ4n) is 2.78. The van der Waals surface area contributed by atoms with Crippen LogP contribution in [0.1, 0.15) is 11.1 Å². The Labute approximate surface area is 171 Å². The number of nitrogens with one attached hydrogen (secondary N) is 1. The van der Waals surface area contributed by atoms with Crippen LogP contribution in [0.2, 0.25) is 0 Å². The Balaban J connectivity index is 2.24. The molecular weight excluding hydrogens is 408 g/mol. The molecule has 30 heavy (non-hydrogen) atoms. The number of nitrogens with zero attached hydrogens (tertiary/aromatic N) is 3. The first-order chi connectivity index (χ1) is 14.3. The molecule has 0 spiro atoms. The van der Waals surface area contributed by atoms with Crippen molar-refractivity contribution < 1.29 is 18.3 Å². The van der Waals surface area contributed by atoms with E-state index in [0.29, 0.717) is 11.3 Å². The van der Waals surface area contributed by atoms with E-state index in [1.54, 1.807) is 30.3 Å². The number of benzene rings is 2. The van der Waals surface area contributed by atoms with Gasteiger partial charge in [-0.25, -0.2) is 4.83 Å². The fourth-order valence-corrected chi connectivity index (χ4v) is 3.81. The van der Waals surface area contributed by atoms with Crippen LogP contribution >= 0.6 is 0 Å². The van der Waals surface area contributed by atoms with E-state index in [1.807, 2.05) is 4.83 Å². The van der Waals surface area contributed by atoms with Crippen LogP contribution in [0.4, 0.5) is 0 Å². The molecule has 10 heteroatoms. The summed E-state index contributed by atoms with van der Waals surface area (Å²) in [5.74, 6) is -0.434. The predicted octanol–water partition coefficient (Wildman–Crippen LogP) is 1.91. The lowest BCUT2D eigenvalue weighted by molar-refractivity contribution is 0.415. The molecular formula is C20H14N4O5S. The van der Waals surface area contributed by atoms with Crippen LogP contribution < -0.4 is 15.1 Å². The van der Waals surface area contributed by atoms with Gasteiger partial charge in [-0.15, -0.1) is 0 Å². The lowest BCUT2D eigenvalue weighted by Gasteiger charge is -2.16. The molecule has 0 fully saturated rings. The van der Waals surface area contributed by atoms with Gasteiger partial charge in [-0.2, -0.15) is 23.6 Å². The van der Waals surface area contributed by atoms with Gasteiger partial charge in [0.05, 0.1) is 12.0 Å². The van der Waals surface area contributed by atoms with E-state index < -0.39 is 32.6 Å². The van der Waals surface area contributed by atoms with Crippen molar-refractivity contribution in [1.29, 1.82) is 10.5 Å². The molecule has 0 unspecified atom stereocenters. The second-order valence-electron chi connectivity index (χ2n) is 5.95. The molecule has 9 nitrogen and oxygen atoms in total. The maximum Gasteiger partial charge on any atom is 0.291 e. The van der Waals surface area contributed by atoms with Gasteiger partial charge in [0.2, 0.25) is 5.88 Å². The summed E-state index contributed by atoms with van der Waals surface area (Å²) in [5, 5.41) is 29.7. The third-order valence-corrected chi connectivity index (χ3v) is 5.54. The molecule has 0 saturated carbocycles. The zero-order chi connectivity index (χ0) is 21.9. The highest BCUT2D eigenvalue weighted by Crippen LogP contribution is 2.32. The van der Waals surface area contributed by atoms with E-state index in [9.17, 15) is 28.8 Å². The number of nitriles is 2. The van der Waals surface area contributed by atoms with Crippen molar-refractivity contribution in [2.45, 2.75) is 4.90 Å². The molecule has 150 valence electrons. The van der Waals surface area contributed by atoms with Crippen LogP contribution in [-0.2, 0) is 10.0 Å². The minimum Gasteiger partial charge on any atom is -0.497 e.